The van der Waals surface area contributed by atoms with Crippen molar-refractivity contribution in [3.63, 3.8) is 0 Å². The third-order valence-electron chi connectivity index (χ3n) is 3.02. The number of hydrogen-bond donors (Lipinski definition) is 0. The summed E-state index contributed by atoms with van der Waals surface area (Å²) in [7, 11) is 0. The fraction of sp³-hybridized carbons (Fsp3) is 0.333. The summed E-state index contributed by atoms with van der Waals surface area (Å²) >= 11 is 15.3. The lowest BCUT2D eigenvalue weighted by atomic mass is 10.3. The number of thiophene rings is 2. The molecule has 0 unspecified atom stereocenters. The van der Waals surface area contributed by atoms with Gasteiger partial charge >= 0.3 is 0 Å². The molecule has 18 heavy (non-hydrogen) atoms. The molecule has 3 heterocycles. The van der Waals surface area contributed by atoms with Crippen molar-refractivity contribution in [2.45, 2.75) is 0 Å². The smallest absolute Gasteiger partial charge is 0.0950 e. The van der Waals surface area contributed by atoms with Crippen molar-refractivity contribution in [1.82, 2.24) is 0 Å². The molecule has 1 aliphatic rings. The summed E-state index contributed by atoms with van der Waals surface area (Å²) in [6.45, 7) is 4.14. The topological polar surface area (TPSA) is 6.48 Å². The summed E-state index contributed by atoms with van der Waals surface area (Å²) in [5, 5.41) is 2.53. The second-order valence-electron chi connectivity index (χ2n) is 4.13. The molecule has 96 valence electrons. The SMILES string of the molecule is Clc1ccc(N2CCN(c3ccc(Cl)s3)CC2)s1. The Bertz CT molecular complexity index is 481. The molecule has 0 N–H and O–H groups in total. The maximum atomic E-state index is 5.98. The summed E-state index contributed by atoms with van der Waals surface area (Å²) in [5.74, 6) is 0. The van der Waals surface area contributed by atoms with Crippen molar-refractivity contribution in [3.05, 3.63) is 32.9 Å². The van der Waals surface area contributed by atoms with Gasteiger partial charge in [0.05, 0.1) is 18.7 Å². The van der Waals surface area contributed by atoms with E-state index in [1.165, 1.54) is 10.0 Å². The fourth-order valence-electron chi connectivity index (χ4n) is 2.10. The lowest BCUT2D eigenvalue weighted by molar-refractivity contribution is 0.661. The molecular formula is C12H12Cl2N2S2. The first-order valence-corrected chi connectivity index (χ1v) is 8.12. The fourth-order valence-corrected chi connectivity index (χ4v) is 4.26. The second-order valence-corrected chi connectivity index (χ2v) is 7.52. The van der Waals surface area contributed by atoms with Crippen LogP contribution in [-0.2, 0) is 0 Å². The van der Waals surface area contributed by atoms with E-state index < -0.39 is 0 Å². The molecule has 1 fully saturated rings. The molecule has 0 atom stereocenters. The van der Waals surface area contributed by atoms with Crippen molar-refractivity contribution in [2.75, 3.05) is 36.0 Å². The summed E-state index contributed by atoms with van der Waals surface area (Å²) in [6.07, 6.45) is 0. The van der Waals surface area contributed by atoms with Crippen molar-refractivity contribution >= 4 is 55.9 Å². The highest BCUT2D eigenvalue weighted by atomic mass is 35.5. The van der Waals surface area contributed by atoms with E-state index in [2.05, 4.69) is 21.9 Å². The Hall–Kier alpha value is -0.420. The summed E-state index contributed by atoms with van der Waals surface area (Å²) in [6, 6.07) is 8.13. The Kier molecular flexibility index (Phi) is 3.71. The van der Waals surface area contributed by atoms with E-state index in [0.717, 1.165) is 34.9 Å². The van der Waals surface area contributed by atoms with Gasteiger partial charge in [-0.1, -0.05) is 23.2 Å². The maximum absolute atomic E-state index is 5.98. The highest BCUT2D eigenvalue weighted by Crippen LogP contribution is 2.33. The highest BCUT2D eigenvalue weighted by molar-refractivity contribution is 7.20. The molecule has 0 radical (unpaired) electrons. The van der Waals surface area contributed by atoms with Crippen LogP contribution in [0.1, 0.15) is 0 Å². The molecule has 2 aromatic rings. The van der Waals surface area contributed by atoms with Gasteiger partial charge in [0.1, 0.15) is 0 Å². The first-order chi connectivity index (χ1) is 8.72. The van der Waals surface area contributed by atoms with Crippen LogP contribution in [0.15, 0.2) is 24.3 Å². The molecule has 6 heteroatoms. The lowest BCUT2D eigenvalue weighted by Crippen LogP contribution is -2.46. The number of hydrogen-bond acceptors (Lipinski definition) is 4. The number of nitrogens with zero attached hydrogens (tertiary/aromatic N) is 2. The second kappa shape index (κ2) is 5.29. The summed E-state index contributed by atoms with van der Waals surface area (Å²) < 4.78 is 1.72. The minimum atomic E-state index is 0.859. The van der Waals surface area contributed by atoms with Gasteiger partial charge in [-0.2, -0.15) is 0 Å². The van der Waals surface area contributed by atoms with Crippen LogP contribution in [0.2, 0.25) is 8.67 Å². The van der Waals surface area contributed by atoms with Gasteiger partial charge in [-0.25, -0.2) is 0 Å². The number of piperazine rings is 1. The van der Waals surface area contributed by atoms with Crippen molar-refractivity contribution in [1.29, 1.82) is 0 Å². The van der Waals surface area contributed by atoms with Crippen LogP contribution in [-0.4, -0.2) is 26.2 Å². The molecule has 3 rings (SSSR count). The maximum Gasteiger partial charge on any atom is 0.0950 e. The van der Waals surface area contributed by atoms with Crippen LogP contribution < -0.4 is 9.80 Å². The van der Waals surface area contributed by atoms with E-state index in [0.29, 0.717) is 0 Å². The van der Waals surface area contributed by atoms with Crippen molar-refractivity contribution in [3.8, 4) is 0 Å². The minimum absolute atomic E-state index is 0.859. The van der Waals surface area contributed by atoms with Gasteiger partial charge < -0.3 is 9.80 Å². The zero-order valence-electron chi connectivity index (χ0n) is 9.60. The van der Waals surface area contributed by atoms with E-state index in [1.807, 2.05) is 12.1 Å². The zero-order valence-corrected chi connectivity index (χ0v) is 12.7. The zero-order chi connectivity index (χ0) is 12.5. The molecule has 0 aromatic carbocycles. The molecule has 0 spiro atoms. The molecule has 1 aliphatic heterocycles. The van der Waals surface area contributed by atoms with Gasteiger partial charge in [0.25, 0.3) is 0 Å². The first kappa shape index (κ1) is 12.6. The van der Waals surface area contributed by atoms with Gasteiger partial charge in [-0.05, 0) is 24.3 Å². The molecule has 0 aliphatic carbocycles. The van der Waals surface area contributed by atoms with Gasteiger partial charge in [-0.3, -0.25) is 0 Å². The van der Waals surface area contributed by atoms with Gasteiger partial charge in [-0.15, -0.1) is 22.7 Å². The molecule has 1 saturated heterocycles. The monoisotopic (exact) mass is 318 g/mol. The molecule has 2 aromatic heterocycles. The largest absolute Gasteiger partial charge is 0.360 e. The molecule has 2 nitrogen and oxygen atoms in total. The van der Waals surface area contributed by atoms with E-state index in [4.69, 9.17) is 23.2 Å². The summed E-state index contributed by atoms with van der Waals surface area (Å²) in [4.78, 5) is 4.78. The molecule has 0 bridgehead atoms. The van der Waals surface area contributed by atoms with Crippen LogP contribution in [0.4, 0.5) is 10.0 Å². The Labute approximate surface area is 124 Å². The van der Waals surface area contributed by atoms with Gasteiger partial charge in [0.15, 0.2) is 0 Å². The first-order valence-electron chi connectivity index (χ1n) is 5.73. The molecular weight excluding hydrogens is 307 g/mol. The normalized spacial score (nSPS) is 16.3. The van der Waals surface area contributed by atoms with Crippen LogP contribution in [0.25, 0.3) is 0 Å². The predicted octanol–water partition coefficient (Wildman–Crippen LogP) is 4.44. The van der Waals surface area contributed by atoms with E-state index in [1.54, 1.807) is 22.7 Å². The number of halogens is 2. The minimum Gasteiger partial charge on any atom is -0.360 e. The summed E-state index contributed by atoms with van der Waals surface area (Å²) in [5.41, 5.74) is 0. The van der Waals surface area contributed by atoms with Crippen LogP contribution >= 0.6 is 45.9 Å². The Morgan fingerprint density at radius 2 is 1.11 bits per heavy atom. The Morgan fingerprint density at radius 1 is 0.722 bits per heavy atom. The van der Waals surface area contributed by atoms with Crippen molar-refractivity contribution < 1.29 is 0 Å². The molecule has 0 saturated carbocycles. The highest BCUT2D eigenvalue weighted by Gasteiger charge is 2.19. The van der Waals surface area contributed by atoms with Crippen LogP contribution in [0, 0.1) is 0 Å². The average Bonchev–Trinajstić information content (AvgIpc) is 2.98. The van der Waals surface area contributed by atoms with Gasteiger partial charge in [0.2, 0.25) is 0 Å². The number of anilines is 2. The number of rotatable bonds is 2. The quantitative estimate of drug-likeness (QED) is 0.807. The standard InChI is InChI=1S/C12H12Cl2N2S2/c13-9-1-3-11(17-9)15-5-7-16(8-6-15)12-4-2-10(14)18-12/h1-4H,5-8H2. The van der Waals surface area contributed by atoms with E-state index in [9.17, 15) is 0 Å². The Morgan fingerprint density at radius 3 is 1.39 bits per heavy atom. The third-order valence-corrected chi connectivity index (χ3v) is 5.60. The lowest BCUT2D eigenvalue weighted by Gasteiger charge is -2.35. The Balaban J connectivity index is 1.64. The van der Waals surface area contributed by atoms with E-state index in [-0.39, 0.29) is 0 Å². The average molecular weight is 319 g/mol. The van der Waals surface area contributed by atoms with Crippen molar-refractivity contribution in [2.24, 2.45) is 0 Å². The molecule has 0 amide bonds. The van der Waals surface area contributed by atoms with Crippen LogP contribution in [0.5, 0.6) is 0 Å². The van der Waals surface area contributed by atoms with E-state index >= 15 is 0 Å². The predicted molar refractivity (Wildman–Crippen MR) is 83.1 cm³/mol. The van der Waals surface area contributed by atoms with Gasteiger partial charge in [0, 0.05) is 26.2 Å². The van der Waals surface area contributed by atoms with Crippen LogP contribution in [0.3, 0.4) is 0 Å². The third kappa shape index (κ3) is 2.62.